The van der Waals surface area contributed by atoms with Crippen molar-refractivity contribution in [2.24, 2.45) is 0 Å². The van der Waals surface area contributed by atoms with Crippen LogP contribution in [0.1, 0.15) is 114 Å². The minimum atomic E-state index is -0.909. The molecule has 1 fully saturated rings. The number of hydrogen-bond acceptors (Lipinski definition) is 4. The second-order valence-corrected chi connectivity index (χ2v) is 11.6. The maximum absolute atomic E-state index is 13.4. The summed E-state index contributed by atoms with van der Waals surface area (Å²) in [6.45, 7) is 8.80. The monoisotopic (exact) mass is 532 g/mol. The van der Waals surface area contributed by atoms with Crippen molar-refractivity contribution in [3.05, 3.63) is 35.4 Å². The second-order valence-electron chi connectivity index (χ2n) is 10.2. The number of carbonyl (C=O) groups excluding carboxylic acids is 2. The minimum absolute atomic E-state index is 0.129. The number of rotatable bonds is 19. The molecule has 1 aliphatic rings. The van der Waals surface area contributed by atoms with Crippen LogP contribution in [-0.4, -0.2) is 62.9 Å². The first kappa shape index (κ1) is 31.2. The quantitative estimate of drug-likeness (QED) is 0.199. The van der Waals surface area contributed by atoms with Crippen molar-refractivity contribution in [3.8, 4) is 0 Å². The summed E-state index contributed by atoms with van der Waals surface area (Å²) in [5.41, 5.74) is 1.42. The first-order valence-corrected chi connectivity index (χ1v) is 15.4. The molecule has 0 bridgehead atoms. The number of benzene rings is 1. The number of hydrogen-bond donors (Lipinski definition) is 1. The highest BCUT2D eigenvalue weighted by atomic mass is 32.2. The fourth-order valence-electron chi connectivity index (χ4n) is 4.78. The van der Waals surface area contributed by atoms with E-state index in [1.165, 1.54) is 19.3 Å². The normalized spacial score (nSPS) is 17.4. The van der Waals surface area contributed by atoms with E-state index in [4.69, 9.17) is 5.11 Å². The van der Waals surface area contributed by atoms with Gasteiger partial charge in [0, 0.05) is 26.1 Å². The van der Waals surface area contributed by atoms with E-state index in [2.05, 4.69) is 20.8 Å². The van der Waals surface area contributed by atoms with Crippen LogP contribution in [0.15, 0.2) is 24.3 Å². The van der Waals surface area contributed by atoms with Crippen LogP contribution in [0.3, 0.4) is 0 Å². The molecule has 208 valence electrons. The largest absolute Gasteiger partial charge is 0.478 e. The molecule has 1 aromatic carbocycles. The molecule has 1 N–H and O–H groups in total. The Kier molecular flexibility index (Phi) is 14.7. The van der Waals surface area contributed by atoms with Gasteiger partial charge in [0.1, 0.15) is 0 Å². The van der Waals surface area contributed by atoms with E-state index in [-0.39, 0.29) is 22.4 Å². The van der Waals surface area contributed by atoms with E-state index < -0.39 is 5.97 Å². The number of carbonyl (C=O) groups is 3. The molecule has 0 unspecified atom stereocenters. The lowest BCUT2D eigenvalue weighted by Gasteiger charge is -2.24. The van der Waals surface area contributed by atoms with E-state index in [1.807, 2.05) is 21.9 Å². The first-order chi connectivity index (χ1) is 17.9. The summed E-state index contributed by atoms with van der Waals surface area (Å²) in [4.78, 5) is 41.7. The van der Waals surface area contributed by atoms with Gasteiger partial charge in [-0.25, -0.2) is 4.79 Å². The topological polar surface area (TPSA) is 77.9 Å². The van der Waals surface area contributed by atoms with Crippen molar-refractivity contribution in [1.82, 2.24) is 9.80 Å². The maximum atomic E-state index is 13.4. The molecule has 2 amide bonds. The Hall–Kier alpha value is -2.02. The lowest BCUT2D eigenvalue weighted by atomic mass is 10.1. The molecule has 0 aliphatic carbocycles. The third kappa shape index (κ3) is 10.7. The van der Waals surface area contributed by atoms with Crippen molar-refractivity contribution in [3.63, 3.8) is 0 Å². The predicted molar refractivity (Wildman–Crippen MR) is 153 cm³/mol. The number of aryl methyl sites for hydroxylation is 1. The summed E-state index contributed by atoms with van der Waals surface area (Å²) in [5.74, 6) is -0.645. The Morgan fingerprint density at radius 1 is 0.892 bits per heavy atom. The Balaban J connectivity index is 1.94. The Morgan fingerprint density at radius 3 is 2.14 bits per heavy atom. The summed E-state index contributed by atoms with van der Waals surface area (Å²) in [6, 6.07) is 7.05. The van der Waals surface area contributed by atoms with Crippen LogP contribution in [0.25, 0.3) is 0 Å². The zero-order chi connectivity index (χ0) is 27.0. The average molecular weight is 533 g/mol. The van der Waals surface area contributed by atoms with Gasteiger partial charge in [-0.1, -0.05) is 71.4 Å². The van der Waals surface area contributed by atoms with Crippen LogP contribution in [0, 0.1) is 0 Å². The number of carboxylic acid groups (broad SMARTS) is 1. The molecular weight excluding hydrogens is 484 g/mol. The molecule has 2 rings (SSSR count). The van der Waals surface area contributed by atoms with Gasteiger partial charge in [0.2, 0.25) is 11.8 Å². The average Bonchev–Trinajstić information content (AvgIpc) is 3.18. The third-order valence-electron chi connectivity index (χ3n) is 7.12. The van der Waals surface area contributed by atoms with Gasteiger partial charge < -0.3 is 14.9 Å². The van der Waals surface area contributed by atoms with Crippen LogP contribution < -0.4 is 0 Å². The molecule has 37 heavy (non-hydrogen) atoms. The van der Waals surface area contributed by atoms with Crippen LogP contribution in [-0.2, 0) is 16.0 Å². The van der Waals surface area contributed by atoms with Gasteiger partial charge in [-0.05, 0) is 56.2 Å². The Labute approximate surface area is 228 Å². The van der Waals surface area contributed by atoms with Gasteiger partial charge in [-0.2, -0.15) is 0 Å². The Morgan fingerprint density at radius 2 is 1.54 bits per heavy atom. The molecular formula is C30H48N2O4S. The number of carboxylic acids is 1. The van der Waals surface area contributed by atoms with Gasteiger partial charge in [0.25, 0.3) is 0 Å². The smallest absolute Gasteiger partial charge is 0.335 e. The Bertz CT molecular complexity index is 821. The minimum Gasteiger partial charge on any atom is -0.478 e. The zero-order valence-corrected chi connectivity index (χ0v) is 24.1. The molecule has 1 heterocycles. The van der Waals surface area contributed by atoms with Gasteiger partial charge >= 0.3 is 5.97 Å². The standard InChI is InChI=1S/C30H48N2O4S/c1-4-7-10-11-15-28-32(22-13-12-14-24-16-18-25(19-17-24)30(35)36)29(34)26(37-28)23-27(33)31(20-8-5-2)21-9-6-3/h16-19,26,28H,4-15,20-23H2,1-3H3,(H,35,36)/t26-,28-/m0/s1. The van der Waals surface area contributed by atoms with Crippen LogP contribution in [0.4, 0.5) is 0 Å². The first-order valence-electron chi connectivity index (χ1n) is 14.5. The van der Waals surface area contributed by atoms with Gasteiger partial charge in [-0.3, -0.25) is 9.59 Å². The van der Waals surface area contributed by atoms with E-state index in [0.29, 0.717) is 12.0 Å². The van der Waals surface area contributed by atoms with Crippen LogP contribution in [0.2, 0.25) is 0 Å². The van der Waals surface area contributed by atoms with Crippen molar-refractivity contribution in [2.75, 3.05) is 19.6 Å². The predicted octanol–water partition coefficient (Wildman–Crippen LogP) is 6.77. The summed E-state index contributed by atoms with van der Waals surface area (Å²) in [7, 11) is 0. The van der Waals surface area contributed by atoms with Crippen LogP contribution >= 0.6 is 11.8 Å². The zero-order valence-electron chi connectivity index (χ0n) is 23.3. The molecule has 0 aromatic heterocycles. The highest BCUT2D eigenvalue weighted by Crippen LogP contribution is 2.37. The molecule has 2 atom stereocenters. The summed E-state index contributed by atoms with van der Waals surface area (Å²) < 4.78 is 0. The summed E-state index contributed by atoms with van der Waals surface area (Å²) in [5, 5.41) is 8.97. The SMILES string of the molecule is CCCCCC[C@@H]1S[C@@H](CC(=O)N(CCCC)CCCC)C(=O)N1CCCCc1ccc(C(=O)O)cc1. The van der Waals surface area contributed by atoms with Crippen molar-refractivity contribution in [2.45, 2.75) is 115 Å². The van der Waals surface area contributed by atoms with Crippen molar-refractivity contribution >= 4 is 29.5 Å². The van der Waals surface area contributed by atoms with Crippen molar-refractivity contribution < 1.29 is 19.5 Å². The fraction of sp³-hybridized carbons (Fsp3) is 0.700. The number of nitrogens with zero attached hydrogens (tertiary/aromatic N) is 2. The molecule has 0 radical (unpaired) electrons. The summed E-state index contributed by atoms with van der Waals surface area (Å²) >= 11 is 1.71. The fourth-order valence-corrected chi connectivity index (χ4v) is 6.31. The number of aromatic carboxylic acids is 1. The molecule has 1 saturated heterocycles. The summed E-state index contributed by atoms with van der Waals surface area (Å²) in [6.07, 6.45) is 12.9. The molecule has 6 nitrogen and oxygen atoms in total. The molecule has 1 aliphatic heterocycles. The van der Waals surface area contributed by atoms with Gasteiger partial charge in [-0.15, -0.1) is 11.8 Å². The van der Waals surface area contributed by atoms with E-state index in [0.717, 1.165) is 83.0 Å². The molecule has 0 spiro atoms. The number of amides is 2. The van der Waals surface area contributed by atoms with Crippen LogP contribution in [0.5, 0.6) is 0 Å². The van der Waals surface area contributed by atoms with E-state index >= 15 is 0 Å². The number of unbranched alkanes of at least 4 members (excludes halogenated alkanes) is 6. The maximum Gasteiger partial charge on any atom is 0.335 e. The van der Waals surface area contributed by atoms with Crippen molar-refractivity contribution in [1.29, 1.82) is 0 Å². The lowest BCUT2D eigenvalue weighted by molar-refractivity contribution is -0.136. The lowest BCUT2D eigenvalue weighted by Crippen LogP contribution is -2.38. The van der Waals surface area contributed by atoms with E-state index in [9.17, 15) is 14.4 Å². The molecule has 7 heteroatoms. The van der Waals surface area contributed by atoms with Gasteiger partial charge in [0.05, 0.1) is 16.2 Å². The second kappa shape index (κ2) is 17.5. The van der Waals surface area contributed by atoms with Gasteiger partial charge in [0.15, 0.2) is 0 Å². The highest BCUT2D eigenvalue weighted by molar-refractivity contribution is 8.01. The third-order valence-corrected chi connectivity index (χ3v) is 8.62. The number of thioether (sulfide) groups is 1. The molecule has 0 saturated carbocycles. The highest BCUT2D eigenvalue weighted by Gasteiger charge is 2.40. The van der Waals surface area contributed by atoms with E-state index in [1.54, 1.807) is 23.9 Å². The molecule has 1 aromatic rings.